The van der Waals surface area contributed by atoms with Crippen molar-refractivity contribution in [1.29, 1.82) is 0 Å². The largest absolute Gasteiger partial charge is 0.444 e. The number of benzene rings is 2. The lowest BCUT2D eigenvalue weighted by atomic mass is 9.87. The van der Waals surface area contributed by atoms with Gasteiger partial charge in [-0.05, 0) is 75.4 Å². The molecule has 0 spiro atoms. The lowest BCUT2D eigenvalue weighted by Gasteiger charge is -2.33. The summed E-state index contributed by atoms with van der Waals surface area (Å²) < 4.78 is 32.1. The second kappa shape index (κ2) is 10.8. The highest BCUT2D eigenvalue weighted by Crippen LogP contribution is 2.30. The average Bonchev–Trinajstić information content (AvgIpc) is 2.75. The predicted molar refractivity (Wildman–Crippen MR) is 123 cm³/mol. The Balaban J connectivity index is 1.56. The van der Waals surface area contributed by atoms with Crippen molar-refractivity contribution >= 4 is 12.0 Å². The average molecular weight is 459 g/mol. The molecular weight excluding hydrogens is 426 g/mol. The normalized spacial score (nSPS) is 14.9. The fourth-order valence-corrected chi connectivity index (χ4v) is 4.09. The van der Waals surface area contributed by atoms with E-state index in [2.05, 4.69) is 5.32 Å². The lowest BCUT2D eigenvalue weighted by Crippen LogP contribution is -2.47. The SMILES string of the molecule is CC(C)(C)OC(=O)NC1CCN(C(=O)CCC(c2ccc(F)cc2)c2ccc(F)cc2)CC1. The lowest BCUT2D eigenvalue weighted by molar-refractivity contribution is -0.132. The summed E-state index contributed by atoms with van der Waals surface area (Å²) in [6.07, 6.45) is 1.76. The molecule has 1 heterocycles. The van der Waals surface area contributed by atoms with Crippen LogP contribution in [0.3, 0.4) is 0 Å². The Kier molecular flexibility index (Phi) is 8.06. The van der Waals surface area contributed by atoms with E-state index in [9.17, 15) is 18.4 Å². The zero-order valence-corrected chi connectivity index (χ0v) is 19.4. The summed E-state index contributed by atoms with van der Waals surface area (Å²) in [4.78, 5) is 26.7. The Bertz CT molecular complexity index is 886. The maximum Gasteiger partial charge on any atom is 0.407 e. The first-order valence-electron chi connectivity index (χ1n) is 11.4. The van der Waals surface area contributed by atoms with Gasteiger partial charge in [0.2, 0.25) is 5.91 Å². The summed E-state index contributed by atoms with van der Waals surface area (Å²) >= 11 is 0. The standard InChI is InChI=1S/C26H32F2N2O3/c1-26(2,3)33-25(32)29-22-14-16-30(17-15-22)24(31)13-12-23(18-4-8-20(27)9-5-18)19-6-10-21(28)11-7-19/h4-11,22-23H,12-17H2,1-3H3,(H,29,32). The van der Waals surface area contributed by atoms with Gasteiger partial charge in [-0.1, -0.05) is 24.3 Å². The van der Waals surface area contributed by atoms with Gasteiger partial charge in [-0.25, -0.2) is 13.6 Å². The van der Waals surface area contributed by atoms with E-state index in [1.165, 1.54) is 24.3 Å². The molecule has 0 radical (unpaired) electrons. The minimum atomic E-state index is -0.549. The molecule has 2 amide bonds. The summed E-state index contributed by atoms with van der Waals surface area (Å²) in [5.41, 5.74) is 1.22. The van der Waals surface area contributed by atoms with Crippen LogP contribution in [0, 0.1) is 11.6 Å². The van der Waals surface area contributed by atoms with Crippen LogP contribution in [0.1, 0.15) is 63.5 Å². The molecule has 0 saturated carbocycles. The van der Waals surface area contributed by atoms with Crippen LogP contribution in [0.4, 0.5) is 13.6 Å². The molecule has 178 valence electrons. The second-order valence-electron chi connectivity index (χ2n) is 9.50. The van der Waals surface area contributed by atoms with Crippen molar-refractivity contribution in [2.24, 2.45) is 0 Å². The molecule has 1 N–H and O–H groups in total. The number of ether oxygens (including phenoxy) is 1. The summed E-state index contributed by atoms with van der Waals surface area (Å²) in [6.45, 7) is 6.59. The molecule has 3 rings (SSSR count). The topological polar surface area (TPSA) is 58.6 Å². The van der Waals surface area contributed by atoms with Crippen molar-refractivity contribution in [3.05, 3.63) is 71.3 Å². The van der Waals surface area contributed by atoms with Crippen LogP contribution < -0.4 is 5.32 Å². The molecule has 0 atom stereocenters. The van der Waals surface area contributed by atoms with Crippen molar-refractivity contribution in [3.8, 4) is 0 Å². The van der Waals surface area contributed by atoms with E-state index in [1.54, 1.807) is 24.3 Å². The van der Waals surface area contributed by atoms with Crippen LogP contribution in [0.15, 0.2) is 48.5 Å². The summed E-state index contributed by atoms with van der Waals surface area (Å²) in [5, 5.41) is 2.88. The zero-order valence-electron chi connectivity index (χ0n) is 19.4. The third-order valence-electron chi connectivity index (χ3n) is 5.76. The minimum Gasteiger partial charge on any atom is -0.444 e. The Hall–Kier alpha value is -2.96. The number of nitrogens with zero attached hydrogens (tertiary/aromatic N) is 1. The Labute approximate surface area is 194 Å². The number of alkyl carbamates (subject to hydrolysis) is 1. The fourth-order valence-electron chi connectivity index (χ4n) is 4.09. The highest BCUT2D eigenvalue weighted by Gasteiger charge is 2.26. The fraction of sp³-hybridized carbons (Fsp3) is 0.462. The van der Waals surface area contributed by atoms with Gasteiger partial charge in [0.1, 0.15) is 17.2 Å². The minimum absolute atomic E-state index is 0.0184. The molecule has 2 aromatic rings. The number of nitrogens with one attached hydrogen (secondary N) is 1. The number of amides is 2. The molecule has 0 aliphatic carbocycles. The van der Waals surface area contributed by atoms with Gasteiger partial charge in [0.15, 0.2) is 0 Å². The number of likely N-dealkylation sites (tertiary alicyclic amines) is 1. The summed E-state index contributed by atoms with van der Waals surface area (Å²) in [5.74, 6) is -0.743. The van der Waals surface area contributed by atoms with Gasteiger partial charge in [0.25, 0.3) is 0 Å². The first kappa shape index (κ1) is 24.7. The summed E-state index contributed by atoms with van der Waals surface area (Å²) in [6, 6.07) is 12.4. The van der Waals surface area contributed by atoms with E-state index < -0.39 is 11.7 Å². The van der Waals surface area contributed by atoms with Crippen LogP contribution in [0.2, 0.25) is 0 Å². The van der Waals surface area contributed by atoms with E-state index in [-0.39, 0.29) is 29.5 Å². The molecule has 1 saturated heterocycles. The van der Waals surface area contributed by atoms with E-state index in [1.807, 2.05) is 25.7 Å². The highest BCUT2D eigenvalue weighted by molar-refractivity contribution is 5.76. The first-order valence-corrected chi connectivity index (χ1v) is 11.4. The molecule has 33 heavy (non-hydrogen) atoms. The third-order valence-corrected chi connectivity index (χ3v) is 5.76. The first-order chi connectivity index (χ1) is 15.6. The van der Waals surface area contributed by atoms with Crippen LogP contribution in [-0.4, -0.2) is 41.6 Å². The van der Waals surface area contributed by atoms with Gasteiger partial charge in [0.05, 0.1) is 0 Å². The van der Waals surface area contributed by atoms with E-state index in [0.717, 1.165) is 11.1 Å². The quantitative estimate of drug-likeness (QED) is 0.631. The number of rotatable bonds is 6. The predicted octanol–water partition coefficient (Wildman–Crippen LogP) is 5.39. The number of carbonyl (C=O) groups excluding carboxylic acids is 2. The molecule has 1 aliphatic heterocycles. The van der Waals surface area contributed by atoms with Crippen molar-refractivity contribution in [2.75, 3.05) is 13.1 Å². The van der Waals surface area contributed by atoms with Gasteiger partial charge in [-0.15, -0.1) is 0 Å². The van der Waals surface area contributed by atoms with Gasteiger partial charge in [-0.2, -0.15) is 0 Å². The van der Waals surface area contributed by atoms with Gasteiger partial charge in [0, 0.05) is 31.5 Å². The van der Waals surface area contributed by atoms with Crippen LogP contribution in [0.25, 0.3) is 0 Å². The molecular formula is C26H32F2N2O3. The molecule has 1 aliphatic rings. The monoisotopic (exact) mass is 458 g/mol. The number of hydrogen-bond donors (Lipinski definition) is 1. The number of carbonyl (C=O) groups is 2. The molecule has 0 unspecified atom stereocenters. The van der Waals surface area contributed by atoms with Crippen molar-refractivity contribution in [3.63, 3.8) is 0 Å². The Morgan fingerprint density at radius 1 is 0.970 bits per heavy atom. The van der Waals surface area contributed by atoms with Crippen LogP contribution in [-0.2, 0) is 9.53 Å². The van der Waals surface area contributed by atoms with Crippen molar-refractivity contribution in [1.82, 2.24) is 10.2 Å². The summed E-state index contributed by atoms with van der Waals surface area (Å²) in [7, 11) is 0. The smallest absolute Gasteiger partial charge is 0.407 e. The van der Waals surface area contributed by atoms with E-state index in [4.69, 9.17) is 4.74 Å². The van der Waals surface area contributed by atoms with Gasteiger partial charge in [-0.3, -0.25) is 4.79 Å². The van der Waals surface area contributed by atoms with Crippen molar-refractivity contribution < 1.29 is 23.1 Å². The second-order valence-corrected chi connectivity index (χ2v) is 9.50. The molecule has 0 bridgehead atoms. The maximum atomic E-state index is 13.4. The molecule has 1 fully saturated rings. The van der Waals surface area contributed by atoms with Crippen LogP contribution in [0.5, 0.6) is 0 Å². The van der Waals surface area contributed by atoms with Crippen LogP contribution >= 0.6 is 0 Å². The molecule has 2 aromatic carbocycles. The third kappa shape index (κ3) is 7.55. The van der Waals surface area contributed by atoms with E-state index >= 15 is 0 Å². The van der Waals surface area contributed by atoms with Crippen molar-refractivity contribution in [2.45, 2.75) is 64.0 Å². The molecule has 0 aromatic heterocycles. The Morgan fingerprint density at radius 2 is 1.45 bits per heavy atom. The van der Waals surface area contributed by atoms with Gasteiger partial charge < -0.3 is 15.0 Å². The maximum absolute atomic E-state index is 13.4. The van der Waals surface area contributed by atoms with E-state index in [0.29, 0.717) is 38.8 Å². The number of hydrogen-bond acceptors (Lipinski definition) is 3. The molecule has 7 heteroatoms. The molecule has 5 nitrogen and oxygen atoms in total. The Morgan fingerprint density at radius 3 is 1.91 bits per heavy atom. The number of piperidine rings is 1. The number of halogens is 2. The van der Waals surface area contributed by atoms with Gasteiger partial charge >= 0.3 is 6.09 Å². The zero-order chi connectivity index (χ0) is 24.0. The highest BCUT2D eigenvalue weighted by atomic mass is 19.1.